The lowest BCUT2D eigenvalue weighted by Crippen LogP contribution is -2.16. The van der Waals surface area contributed by atoms with Gasteiger partial charge in [-0.1, -0.05) is 91.0 Å². The second-order valence-corrected chi connectivity index (χ2v) is 6.98. The summed E-state index contributed by atoms with van der Waals surface area (Å²) in [6, 6.07) is 28.2. The van der Waals surface area contributed by atoms with Gasteiger partial charge in [-0.3, -0.25) is 4.79 Å². The first kappa shape index (κ1) is 18.2. The molecule has 0 spiro atoms. The molecule has 130 valence electrons. The number of hydrogen-bond acceptors (Lipinski definition) is 2. The summed E-state index contributed by atoms with van der Waals surface area (Å²) >= 11 is 1.62. The van der Waals surface area contributed by atoms with Crippen molar-refractivity contribution in [2.24, 2.45) is 5.92 Å². The van der Waals surface area contributed by atoms with E-state index in [4.69, 9.17) is 0 Å². The minimum atomic E-state index is -0.189. The van der Waals surface area contributed by atoms with Gasteiger partial charge in [-0.05, 0) is 29.9 Å². The van der Waals surface area contributed by atoms with E-state index in [0.717, 1.165) is 16.0 Å². The second kappa shape index (κ2) is 9.21. The molecule has 0 saturated heterocycles. The van der Waals surface area contributed by atoms with Gasteiger partial charge >= 0.3 is 0 Å². The summed E-state index contributed by atoms with van der Waals surface area (Å²) in [7, 11) is 0. The summed E-state index contributed by atoms with van der Waals surface area (Å²) < 4.78 is 0. The van der Waals surface area contributed by atoms with Crippen LogP contribution in [0.1, 0.15) is 21.5 Å². The van der Waals surface area contributed by atoms with Crippen molar-refractivity contribution >= 4 is 23.6 Å². The van der Waals surface area contributed by atoms with Crippen LogP contribution < -0.4 is 0 Å². The van der Waals surface area contributed by atoms with Crippen LogP contribution in [-0.4, -0.2) is 12.0 Å². The van der Waals surface area contributed by atoms with Crippen molar-refractivity contribution in [3.05, 3.63) is 108 Å². The Balaban J connectivity index is 1.91. The molecule has 1 nitrogen and oxygen atoms in total. The fourth-order valence-corrected chi connectivity index (χ4v) is 3.56. The van der Waals surface area contributed by atoms with E-state index in [0.29, 0.717) is 6.42 Å². The Morgan fingerprint density at radius 1 is 0.885 bits per heavy atom. The van der Waals surface area contributed by atoms with Crippen LogP contribution in [0, 0.1) is 5.92 Å². The van der Waals surface area contributed by atoms with Gasteiger partial charge in [-0.15, -0.1) is 11.8 Å². The van der Waals surface area contributed by atoms with Crippen molar-refractivity contribution in [1.29, 1.82) is 0 Å². The monoisotopic (exact) mass is 358 g/mol. The van der Waals surface area contributed by atoms with Gasteiger partial charge in [-0.25, -0.2) is 0 Å². The number of rotatable bonds is 7. The van der Waals surface area contributed by atoms with Gasteiger partial charge in [0.15, 0.2) is 5.78 Å². The highest BCUT2D eigenvalue weighted by atomic mass is 32.2. The lowest BCUT2D eigenvalue weighted by atomic mass is 9.90. The van der Waals surface area contributed by atoms with Gasteiger partial charge < -0.3 is 0 Å². The lowest BCUT2D eigenvalue weighted by molar-refractivity contribution is 0.0942. The smallest absolute Gasteiger partial charge is 0.171 e. The lowest BCUT2D eigenvalue weighted by Gasteiger charge is -2.14. The number of benzene rings is 3. The highest BCUT2D eigenvalue weighted by Crippen LogP contribution is 2.25. The molecule has 0 aromatic heterocycles. The molecule has 26 heavy (non-hydrogen) atoms. The minimum absolute atomic E-state index is 0.172. The minimum Gasteiger partial charge on any atom is -0.293 e. The van der Waals surface area contributed by atoms with E-state index in [1.807, 2.05) is 79.1 Å². The third-order valence-corrected chi connectivity index (χ3v) is 5.12. The van der Waals surface area contributed by atoms with Crippen LogP contribution in [0.25, 0.3) is 6.08 Å². The largest absolute Gasteiger partial charge is 0.293 e. The number of Topliss-reactive ketones (excluding diaryl/α,β-unsaturated/α-hetero) is 1. The third-order valence-electron chi connectivity index (χ3n) is 4.33. The molecule has 0 aliphatic rings. The molecule has 1 unspecified atom stereocenters. The van der Waals surface area contributed by atoms with E-state index < -0.39 is 0 Å². The molecule has 3 aromatic rings. The van der Waals surface area contributed by atoms with Gasteiger partial charge in [0.05, 0.1) is 0 Å². The van der Waals surface area contributed by atoms with E-state index in [-0.39, 0.29) is 11.7 Å². The molecular weight excluding hydrogens is 336 g/mol. The van der Waals surface area contributed by atoms with E-state index in [1.165, 1.54) is 5.56 Å². The van der Waals surface area contributed by atoms with Crippen LogP contribution in [0.4, 0.5) is 0 Å². The molecule has 0 bridgehead atoms. The summed E-state index contributed by atoms with van der Waals surface area (Å²) in [5, 5.41) is 0. The van der Waals surface area contributed by atoms with Gasteiger partial charge in [0.25, 0.3) is 0 Å². The highest BCUT2D eigenvalue weighted by molar-refractivity contribution is 7.98. The van der Waals surface area contributed by atoms with Crippen LogP contribution in [0.2, 0.25) is 0 Å². The van der Waals surface area contributed by atoms with Crippen LogP contribution in [-0.2, 0) is 6.42 Å². The first-order valence-corrected chi connectivity index (χ1v) is 9.95. The van der Waals surface area contributed by atoms with Gasteiger partial charge in [0.1, 0.15) is 0 Å². The van der Waals surface area contributed by atoms with E-state index in [2.05, 4.69) is 24.3 Å². The molecule has 0 aliphatic carbocycles. The van der Waals surface area contributed by atoms with Crippen LogP contribution >= 0.6 is 11.8 Å². The van der Waals surface area contributed by atoms with E-state index in [1.54, 1.807) is 11.8 Å². The maximum atomic E-state index is 13.3. The Labute approximate surface area is 159 Å². The number of carbonyl (C=O) groups is 1. The van der Waals surface area contributed by atoms with Gasteiger partial charge in [0, 0.05) is 16.4 Å². The van der Waals surface area contributed by atoms with Crippen molar-refractivity contribution in [3.63, 3.8) is 0 Å². The van der Waals surface area contributed by atoms with Crippen LogP contribution in [0.5, 0.6) is 0 Å². The molecule has 2 heteroatoms. The number of hydrogen-bond donors (Lipinski definition) is 0. The summed E-state index contributed by atoms with van der Waals surface area (Å²) in [6.45, 7) is 0. The Morgan fingerprint density at radius 3 is 2.19 bits per heavy atom. The summed E-state index contributed by atoms with van der Waals surface area (Å²) in [5.41, 5.74) is 3.08. The highest BCUT2D eigenvalue weighted by Gasteiger charge is 2.20. The van der Waals surface area contributed by atoms with Crippen molar-refractivity contribution in [2.45, 2.75) is 11.3 Å². The molecule has 0 saturated carbocycles. The van der Waals surface area contributed by atoms with Crippen molar-refractivity contribution in [2.75, 3.05) is 6.26 Å². The predicted molar refractivity (Wildman–Crippen MR) is 112 cm³/mol. The predicted octanol–water partition coefficient (Wildman–Crippen LogP) is 6.16. The number of carbonyl (C=O) groups excluding carboxylic acids is 1. The fourth-order valence-electron chi connectivity index (χ4n) is 2.96. The second-order valence-electron chi connectivity index (χ2n) is 6.13. The van der Waals surface area contributed by atoms with Crippen LogP contribution in [0.15, 0.2) is 95.9 Å². The molecule has 3 aromatic carbocycles. The molecule has 0 heterocycles. The molecular formula is C24H22OS. The average Bonchev–Trinajstić information content (AvgIpc) is 2.72. The van der Waals surface area contributed by atoms with Crippen molar-refractivity contribution in [1.82, 2.24) is 0 Å². The maximum absolute atomic E-state index is 13.3. The zero-order chi connectivity index (χ0) is 18.2. The topological polar surface area (TPSA) is 17.1 Å². The molecule has 0 radical (unpaired) electrons. The Hall–Kier alpha value is -2.58. The van der Waals surface area contributed by atoms with Crippen LogP contribution in [0.3, 0.4) is 0 Å². The molecule has 0 fully saturated rings. The number of allylic oxidation sites excluding steroid dienone is 1. The fraction of sp³-hybridized carbons (Fsp3) is 0.125. The molecule has 0 N–H and O–H groups in total. The number of ketones is 1. The Morgan fingerprint density at radius 2 is 1.50 bits per heavy atom. The van der Waals surface area contributed by atoms with Gasteiger partial charge in [-0.2, -0.15) is 0 Å². The standard InChI is InChI=1S/C24H22OS/c1-26-23-15-9-8-14-22(23)24(25)21(18-20-12-6-3-7-13-20)17-16-19-10-4-2-5-11-19/h2-17,21H,18H2,1H3/b17-16+. The zero-order valence-electron chi connectivity index (χ0n) is 14.8. The molecule has 0 aliphatic heterocycles. The maximum Gasteiger partial charge on any atom is 0.171 e. The van der Waals surface area contributed by atoms with E-state index >= 15 is 0 Å². The van der Waals surface area contributed by atoms with Crippen molar-refractivity contribution < 1.29 is 4.79 Å². The Bertz CT molecular complexity index is 869. The summed E-state index contributed by atoms with van der Waals surface area (Å²) in [4.78, 5) is 14.3. The quantitative estimate of drug-likeness (QED) is 0.371. The number of thioether (sulfide) groups is 1. The molecule has 0 amide bonds. The first-order chi connectivity index (χ1) is 12.8. The van der Waals surface area contributed by atoms with Crippen molar-refractivity contribution in [3.8, 4) is 0 Å². The summed E-state index contributed by atoms with van der Waals surface area (Å²) in [6.07, 6.45) is 6.80. The zero-order valence-corrected chi connectivity index (χ0v) is 15.7. The van der Waals surface area contributed by atoms with E-state index in [9.17, 15) is 4.79 Å². The summed E-state index contributed by atoms with van der Waals surface area (Å²) in [5.74, 6) is -0.0168. The normalized spacial score (nSPS) is 12.2. The van der Waals surface area contributed by atoms with Gasteiger partial charge in [0.2, 0.25) is 0 Å². The molecule has 1 atom stereocenters. The average molecular weight is 359 g/mol. The third kappa shape index (κ3) is 4.74. The SMILES string of the molecule is CSc1ccccc1C(=O)C(/C=C/c1ccccc1)Cc1ccccc1. The Kier molecular flexibility index (Phi) is 6.45. The first-order valence-electron chi connectivity index (χ1n) is 8.72. The molecule has 3 rings (SSSR count).